The molecule has 194 valence electrons. The Balaban J connectivity index is 1.65. The summed E-state index contributed by atoms with van der Waals surface area (Å²) in [5.74, 6) is 1.33. The lowest BCUT2D eigenvalue weighted by molar-refractivity contribution is -0.136. The molecule has 1 heterocycles. The molecule has 1 amide bonds. The number of benzene rings is 2. The summed E-state index contributed by atoms with van der Waals surface area (Å²) in [4.78, 5) is 24.2. The van der Waals surface area contributed by atoms with Gasteiger partial charge in [0.15, 0.2) is 0 Å². The van der Waals surface area contributed by atoms with Crippen LogP contribution in [0.25, 0.3) is 5.57 Å². The van der Waals surface area contributed by atoms with Crippen molar-refractivity contribution in [1.29, 1.82) is 0 Å². The number of carbonyl (C=O) groups excluding carboxylic acids is 1. The van der Waals surface area contributed by atoms with Gasteiger partial charge in [0, 0.05) is 11.5 Å². The highest BCUT2D eigenvalue weighted by Gasteiger charge is 2.31. The normalized spacial score (nSPS) is 14.3. The highest BCUT2D eigenvalue weighted by molar-refractivity contribution is 5.93. The van der Waals surface area contributed by atoms with Crippen LogP contribution in [0.3, 0.4) is 0 Å². The van der Waals surface area contributed by atoms with Crippen LogP contribution in [0.1, 0.15) is 47.3 Å². The van der Waals surface area contributed by atoms with Gasteiger partial charge in [0.25, 0.3) is 0 Å². The Kier molecular flexibility index (Phi) is 7.86. The summed E-state index contributed by atoms with van der Waals surface area (Å²) in [5.41, 5.74) is 5.62. The first-order valence-corrected chi connectivity index (χ1v) is 12.0. The number of rotatable bonds is 11. The molecule has 0 radical (unpaired) electrons. The number of furan rings is 1. The number of hydrogen-bond acceptors (Lipinski definition) is 6. The maximum Gasteiger partial charge on any atom is 0.308 e. The quantitative estimate of drug-likeness (QED) is 0.387. The fraction of sp³-hybridized carbons (Fsp3) is 0.310. The zero-order valence-electron chi connectivity index (χ0n) is 21.4. The minimum absolute atomic E-state index is 0.0218. The van der Waals surface area contributed by atoms with Gasteiger partial charge >= 0.3 is 5.97 Å². The third-order valence-electron chi connectivity index (χ3n) is 6.77. The largest absolute Gasteiger partial charge is 0.497 e. The molecule has 2 N–H and O–H groups in total. The van der Waals surface area contributed by atoms with Gasteiger partial charge in [-0.3, -0.25) is 9.59 Å². The first-order valence-electron chi connectivity index (χ1n) is 12.0. The molecule has 37 heavy (non-hydrogen) atoms. The van der Waals surface area contributed by atoms with Gasteiger partial charge in [0.1, 0.15) is 23.0 Å². The minimum Gasteiger partial charge on any atom is -0.497 e. The predicted octanol–water partition coefficient (Wildman–Crippen LogP) is 4.75. The molecular weight excluding hydrogens is 474 g/mol. The highest BCUT2D eigenvalue weighted by atomic mass is 16.5. The van der Waals surface area contributed by atoms with E-state index in [1.807, 2.05) is 36.4 Å². The van der Waals surface area contributed by atoms with E-state index in [0.29, 0.717) is 35.8 Å². The molecule has 0 saturated carbocycles. The van der Waals surface area contributed by atoms with Crippen molar-refractivity contribution in [2.24, 2.45) is 0 Å². The lowest BCUT2D eigenvalue weighted by Gasteiger charge is -2.18. The van der Waals surface area contributed by atoms with Gasteiger partial charge < -0.3 is 29.1 Å². The summed E-state index contributed by atoms with van der Waals surface area (Å²) >= 11 is 0. The fourth-order valence-electron chi connectivity index (χ4n) is 4.92. The number of hydrogen-bond donors (Lipinski definition) is 2. The molecule has 1 aliphatic rings. The number of carbonyl (C=O) groups is 2. The van der Waals surface area contributed by atoms with Crippen LogP contribution in [0.15, 0.2) is 58.7 Å². The number of carboxylic acid groups (broad SMARTS) is 1. The van der Waals surface area contributed by atoms with Crippen molar-refractivity contribution in [1.82, 2.24) is 5.32 Å². The molecule has 8 nitrogen and oxygen atoms in total. The van der Waals surface area contributed by atoms with Crippen molar-refractivity contribution in [2.75, 3.05) is 21.3 Å². The first-order chi connectivity index (χ1) is 17.8. The molecule has 1 atom stereocenters. The number of nitrogens with one attached hydrogen (secondary N) is 1. The van der Waals surface area contributed by atoms with Crippen LogP contribution in [0.2, 0.25) is 0 Å². The standard InChI is InChI=1S/C29H31NO7/c1-17-22(10-18-11-26(35-3)25(15-29(32)33)27(12-18)36-4)21-8-7-19(34-2)13-24(21)23(17)14-28(31)30-16-20-6-5-9-37-20/h5-9,11-13,22H,10,14-16H2,1-4H3,(H,30,31)(H,32,33). The van der Waals surface area contributed by atoms with Crippen LogP contribution in [0, 0.1) is 0 Å². The molecule has 0 fully saturated rings. The van der Waals surface area contributed by atoms with Crippen molar-refractivity contribution >= 4 is 17.4 Å². The molecular formula is C29H31NO7. The Morgan fingerprint density at radius 2 is 1.73 bits per heavy atom. The molecule has 0 spiro atoms. The topological polar surface area (TPSA) is 107 Å². The fourth-order valence-corrected chi connectivity index (χ4v) is 4.92. The lowest BCUT2D eigenvalue weighted by atomic mass is 9.89. The molecule has 8 heteroatoms. The molecule has 2 aromatic carbocycles. The monoisotopic (exact) mass is 505 g/mol. The third kappa shape index (κ3) is 5.63. The van der Waals surface area contributed by atoms with Crippen LogP contribution in [0.5, 0.6) is 17.2 Å². The molecule has 3 aromatic rings. The molecule has 4 rings (SSSR count). The summed E-state index contributed by atoms with van der Waals surface area (Å²) in [6, 6.07) is 13.3. The van der Waals surface area contributed by atoms with Gasteiger partial charge in [-0.2, -0.15) is 0 Å². The molecule has 0 aliphatic heterocycles. The van der Waals surface area contributed by atoms with E-state index in [9.17, 15) is 14.7 Å². The van der Waals surface area contributed by atoms with Gasteiger partial charge in [-0.05, 0) is 72.0 Å². The number of ether oxygens (including phenoxy) is 3. The zero-order chi connectivity index (χ0) is 26.5. The lowest BCUT2D eigenvalue weighted by Crippen LogP contribution is -2.22. The Bertz CT molecular complexity index is 1300. The molecule has 1 unspecified atom stereocenters. The van der Waals surface area contributed by atoms with Gasteiger partial charge in [0.05, 0.1) is 47.0 Å². The van der Waals surface area contributed by atoms with Gasteiger partial charge in [-0.1, -0.05) is 11.6 Å². The van der Waals surface area contributed by atoms with Crippen molar-refractivity contribution in [2.45, 2.75) is 38.6 Å². The SMILES string of the molecule is COc1ccc2c(c1)C(CC(=O)NCc1ccco1)=C(C)C2Cc1cc(OC)c(CC(=O)O)c(OC)c1. The summed E-state index contributed by atoms with van der Waals surface area (Å²) < 4.78 is 21.8. The average Bonchev–Trinajstić information content (AvgIpc) is 3.50. The third-order valence-corrected chi connectivity index (χ3v) is 6.77. The smallest absolute Gasteiger partial charge is 0.308 e. The van der Waals surface area contributed by atoms with Crippen LogP contribution in [0.4, 0.5) is 0 Å². The number of carboxylic acids is 1. The second-order valence-corrected chi connectivity index (χ2v) is 8.95. The minimum atomic E-state index is -0.961. The molecule has 1 aromatic heterocycles. The summed E-state index contributed by atoms with van der Waals surface area (Å²) in [5, 5.41) is 12.2. The van der Waals surface area contributed by atoms with Crippen molar-refractivity contribution in [3.8, 4) is 17.2 Å². The van der Waals surface area contributed by atoms with Gasteiger partial charge in [-0.15, -0.1) is 0 Å². The van der Waals surface area contributed by atoms with E-state index >= 15 is 0 Å². The Morgan fingerprint density at radius 1 is 1.00 bits per heavy atom. The zero-order valence-corrected chi connectivity index (χ0v) is 21.4. The molecule has 1 aliphatic carbocycles. The predicted molar refractivity (Wildman–Crippen MR) is 138 cm³/mol. The second kappa shape index (κ2) is 11.2. The number of amides is 1. The highest BCUT2D eigenvalue weighted by Crippen LogP contribution is 2.46. The van der Waals surface area contributed by atoms with E-state index in [0.717, 1.165) is 33.6 Å². The van der Waals surface area contributed by atoms with Crippen LogP contribution >= 0.6 is 0 Å². The maximum atomic E-state index is 12.9. The number of fused-ring (bicyclic) bond motifs is 1. The number of aliphatic carboxylic acids is 1. The van der Waals surface area contributed by atoms with E-state index in [1.165, 1.54) is 14.2 Å². The second-order valence-electron chi connectivity index (χ2n) is 8.95. The van der Waals surface area contributed by atoms with Gasteiger partial charge in [0.2, 0.25) is 5.91 Å². The molecule has 0 saturated heterocycles. The van der Waals surface area contributed by atoms with Gasteiger partial charge in [-0.25, -0.2) is 0 Å². The number of methoxy groups -OCH3 is 3. The van der Waals surface area contributed by atoms with Crippen LogP contribution in [-0.2, 0) is 29.0 Å². The molecule has 0 bridgehead atoms. The van der Waals surface area contributed by atoms with E-state index < -0.39 is 5.97 Å². The Morgan fingerprint density at radius 3 is 2.32 bits per heavy atom. The van der Waals surface area contributed by atoms with Crippen LogP contribution in [-0.4, -0.2) is 38.3 Å². The summed E-state index contributed by atoms with van der Waals surface area (Å²) in [6.07, 6.45) is 2.24. The summed E-state index contributed by atoms with van der Waals surface area (Å²) in [7, 11) is 4.66. The Hall–Kier alpha value is -4.20. The van der Waals surface area contributed by atoms with Crippen molar-refractivity contribution < 1.29 is 33.3 Å². The van der Waals surface area contributed by atoms with Crippen molar-refractivity contribution in [3.05, 3.63) is 82.3 Å². The maximum absolute atomic E-state index is 12.9. The van der Waals surface area contributed by atoms with E-state index in [-0.39, 0.29) is 24.7 Å². The van der Waals surface area contributed by atoms with E-state index in [2.05, 4.69) is 12.2 Å². The van der Waals surface area contributed by atoms with E-state index in [1.54, 1.807) is 19.4 Å². The van der Waals surface area contributed by atoms with Crippen LogP contribution < -0.4 is 19.5 Å². The average molecular weight is 506 g/mol. The summed E-state index contributed by atoms with van der Waals surface area (Å²) in [6.45, 7) is 2.38. The number of allylic oxidation sites excluding steroid dienone is 1. The van der Waals surface area contributed by atoms with E-state index in [4.69, 9.17) is 18.6 Å². The van der Waals surface area contributed by atoms with Crippen molar-refractivity contribution in [3.63, 3.8) is 0 Å². The Labute approximate surface area is 215 Å². The first kappa shape index (κ1) is 25.9.